The van der Waals surface area contributed by atoms with Crippen LogP contribution in [0.4, 0.5) is 31.1 Å². The predicted octanol–water partition coefficient (Wildman–Crippen LogP) is 6.37. The van der Waals surface area contributed by atoms with Gasteiger partial charge in [0.2, 0.25) is 11.7 Å². The number of amides is 1. The Labute approximate surface area is 195 Å². The molecule has 0 spiro atoms. The molecule has 1 amide bonds. The van der Waals surface area contributed by atoms with Crippen LogP contribution in [0.1, 0.15) is 47.0 Å². The summed E-state index contributed by atoms with van der Waals surface area (Å²) in [7, 11) is 0. The molecule has 1 saturated heterocycles. The van der Waals surface area contributed by atoms with Crippen LogP contribution in [0, 0.1) is 0 Å². The summed E-state index contributed by atoms with van der Waals surface area (Å²) in [4.78, 5) is 16.6. The zero-order chi connectivity index (χ0) is 25.4. The molecule has 3 aromatic rings. The zero-order valence-corrected chi connectivity index (χ0v) is 18.0. The van der Waals surface area contributed by atoms with Crippen molar-refractivity contribution in [1.29, 1.82) is 0 Å². The van der Waals surface area contributed by atoms with Crippen LogP contribution in [0.15, 0.2) is 47.0 Å². The van der Waals surface area contributed by atoms with Crippen LogP contribution in [0.3, 0.4) is 0 Å². The fourth-order valence-electron chi connectivity index (χ4n) is 4.08. The number of halogens is 6. The Kier molecular flexibility index (Phi) is 6.48. The average molecular weight is 499 g/mol. The number of aromatic nitrogens is 2. The van der Waals surface area contributed by atoms with E-state index in [0.717, 1.165) is 23.1 Å². The predicted molar refractivity (Wildman–Crippen MR) is 110 cm³/mol. The first kappa shape index (κ1) is 24.6. The van der Waals surface area contributed by atoms with Crippen molar-refractivity contribution in [1.82, 2.24) is 15.0 Å². The van der Waals surface area contributed by atoms with Gasteiger partial charge in [0.1, 0.15) is 6.04 Å². The molecule has 1 atom stereocenters. The number of alkyl halides is 6. The molecule has 2 heterocycles. The number of hydrogen-bond acceptors (Lipinski definition) is 4. The number of carboxylic acid groups (broad SMARTS) is 1. The van der Waals surface area contributed by atoms with Gasteiger partial charge in [-0.05, 0) is 55.0 Å². The third-order valence-electron chi connectivity index (χ3n) is 5.86. The molecular weight excluding hydrogens is 480 g/mol. The lowest BCUT2D eigenvalue weighted by molar-refractivity contribution is -0.138. The Balaban J connectivity index is 1.55. The monoisotopic (exact) mass is 499 g/mol. The Morgan fingerprint density at radius 1 is 1.03 bits per heavy atom. The van der Waals surface area contributed by atoms with E-state index in [1.165, 1.54) is 24.3 Å². The second-order valence-corrected chi connectivity index (χ2v) is 8.15. The summed E-state index contributed by atoms with van der Waals surface area (Å²) >= 11 is 0. The maximum atomic E-state index is 13.8. The quantitative estimate of drug-likeness (QED) is 0.413. The third kappa shape index (κ3) is 5.41. The fraction of sp³-hybridized carbons (Fsp3) is 0.348. The van der Waals surface area contributed by atoms with Gasteiger partial charge in [0.05, 0.1) is 11.1 Å². The Bertz CT molecular complexity index is 1200. The second-order valence-electron chi connectivity index (χ2n) is 8.15. The highest BCUT2D eigenvalue weighted by molar-refractivity contribution is 5.66. The summed E-state index contributed by atoms with van der Waals surface area (Å²) in [5.74, 6) is -0.0862. The van der Waals surface area contributed by atoms with Crippen molar-refractivity contribution < 1.29 is 40.8 Å². The minimum absolute atomic E-state index is 0.0137. The van der Waals surface area contributed by atoms with Gasteiger partial charge in [0, 0.05) is 12.1 Å². The van der Waals surface area contributed by atoms with Crippen LogP contribution >= 0.6 is 0 Å². The number of carbonyl (C=O) groups is 1. The highest BCUT2D eigenvalue weighted by Gasteiger charge is 2.36. The molecule has 0 saturated carbocycles. The maximum absolute atomic E-state index is 13.8. The lowest BCUT2D eigenvalue weighted by atomic mass is 9.97. The van der Waals surface area contributed by atoms with Gasteiger partial charge in [-0.1, -0.05) is 29.4 Å². The van der Waals surface area contributed by atoms with E-state index >= 15 is 0 Å². The van der Waals surface area contributed by atoms with E-state index in [4.69, 9.17) is 4.52 Å². The van der Waals surface area contributed by atoms with E-state index in [-0.39, 0.29) is 35.7 Å². The SMILES string of the molecule is O=C(O)N1CCC[C@H]1c1nc(-c2ccc(CCc3ccc(C(F)(F)F)cc3)c(C(F)(F)F)c2)no1. The van der Waals surface area contributed by atoms with Gasteiger partial charge in [-0.15, -0.1) is 0 Å². The number of likely N-dealkylation sites (tertiary alicyclic amines) is 1. The van der Waals surface area contributed by atoms with Gasteiger partial charge in [-0.3, -0.25) is 4.90 Å². The standard InChI is InChI=1S/C23H19F6N3O3/c24-22(25,26)16-9-4-13(5-10-16)3-6-14-7-8-15(12-17(14)23(27,28)29)19-30-20(35-31-19)18-2-1-11-32(18)21(33)34/h4-5,7-10,12,18H,1-3,6,11H2,(H,33,34)/t18-/m0/s1. The first-order valence-electron chi connectivity index (χ1n) is 10.6. The average Bonchev–Trinajstić information content (AvgIpc) is 3.46. The van der Waals surface area contributed by atoms with E-state index in [2.05, 4.69) is 10.1 Å². The van der Waals surface area contributed by atoms with E-state index in [1.807, 2.05) is 0 Å². The molecule has 1 aromatic heterocycles. The molecule has 2 aromatic carbocycles. The number of hydrogen-bond donors (Lipinski definition) is 1. The maximum Gasteiger partial charge on any atom is 0.416 e. The van der Waals surface area contributed by atoms with Gasteiger partial charge >= 0.3 is 18.4 Å². The lowest BCUT2D eigenvalue weighted by Gasteiger charge is -2.17. The smallest absolute Gasteiger partial charge is 0.416 e. The van der Waals surface area contributed by atoms with Gasteiger partial charge in [0.15, 0.2) is 0 Å². The fourth-order valence-corrected chi connectivity index (χ4v) is 4.08. The summed E-state index contributed by atoms with van der Waals surface area (Å²) in [5.41, 5.74) is -1.26. The van der Waals surface area contributed by atoms with Crippen LogP contribution in [0.5, 0.6) is 0 Å². The Hall–Kier alpha value is -3.57. The van der Waals surface area contributed by atoms with E-state index in [0.29, 0.717) is 24.9 Å². The van der Waals surface area contributed by atoms with Crippen LogP contribution in [0.25, 0.3) is 11.4 Å². The van der Waals surface area contributed by atoms with Gasteiger partial charge in [0.25, 0.3) is 0 Å². The Morgan fingerprint density at radius 2 is 1.74 bits per heavy atom. The summed E-state index contributed by atoms with van der Waals surface area (Å²) in [6.07, 6.45) is -9.21. The van der Waals surface area contributed by atoms with Crippen LogP contribution in [0.2, 0.25) is 0 Å². The molecule has 0 aliphatic carbocycles. The first-order valence-corrected chi connectivity index (χ1v) is 10.6. The molecular formula is C23H19F6N3O3. The van der Waals surface area contributed by atoms with Crippen molar-refractivity contribution in [2.45, 2.75) is 44.1 Å². The van der Waals surface area contributed by atoms with Crippen molar-refractivity contribution in [2.75, 3.05) is 6.54 Å². The topological polar surface area (TPSA) is 79.5 Å². The molecule has 0 radical (unpaired) electrons. The van der Waals surface area contributed by atoms with Crippen molar-refractivity contribution in [3.8, 4) is 11.4 Å². The number of nitrogens with zero attached hydrogens (tertiary/aromatic N) is 3. The summed E-state index contributed by atoms with van der Waals surface area (Å²) in [5, 5.41) is 13.0. The van der Waals surface area contributed by atoms with Crippen molar-refractivity contribution in [3.05, 3.63) is 70.6 Å². The van der Waals surface area contributed by atoms with Gasteiger partial charge in [-0.2, -0.15) is 31.3 Å². The summed E-state index contributed by atoms with van der Waals surface area (Å²) in [6.45, 7) is 0.295. The van der Waals surface area contributed by atoms with Gasteiger partial charge < -0.3 is 9.63 Å². The van der Waals surface area contributed by atoms with Crippen molar-refractivity contribution >= 4 is 6.09 Å². The number of aryl methyl sites for hydroxylation is 2. The van der Waals surface area contributed by atoms with Crippen molar-refractivity contribution in [2.24, 2.45) is 0 Å². The zero-order valence-electron chi connectivity index (χ0n) is 18.0. The normalized spacial score (nSPS) is 16.6. The number of rotatable bonds is 5. The highest BCUT2D eigenvalue weighted by Crippen LogP contribution is 2.37. The van der Waals surface area contributed by atoms with Gasteiger partial charge in [-0.25, -0.2) is 4.79 Å². The minimum Gasteiger partial charge on any atom is -0.465 e. The third-order valence-corrected chi connectivity index (χ3v) is 5.86. The molecule has 6 nitrogen and oxygen atoms in total. The molecule has 0 unspecified atom stereocenters. The molecule has 186 valence electrons. The first-order chi connectivity index (χ1) is 16.4. The van der Waals surface area contributed by atoms with Crippen LogP contribution < -0.4 is 0 Å². The molecule has 1 fully saturated rings. The molecule has 1 N–H and O–H groups in total. The molecule has 12 heteroatoms. The minimum atomic E-state index is -4.69. The van der Waals surface area contributed by atoms with E-state index in [9.17, 15) is 36.2 Å². The second kappa shape index (κ2) is 9.23. The Morgan fingerprint density at radius 3 is 2.37 bits per heavy atom. The largest absolute Gasteiger partial charge is 0.465 e. The lowest BCUT2D eigenvalue weighted by Crippen LogP contribution is -2.28. The van der Waals surface area contributed by atoms with Crippen LogP contribution in [-0.2, 0) is 25.2 Å². The molecule has 35 heavy (non-hydrogen) atoms. The molecule has 1 aliphatic heterocycles. The van der Waals surface area contributed by atoms with Crippen molar-refractivity contribution in [3.63, 3.8) is 0 Å². The molecule has 1 aliphatic rings. The highest BCUT2D eigenvalue weighted by atomic mass is 19.4. The summed E-state index contributed by atoms with van der Waals surface area (Å²) < 4.78 is 84.6. The molecule has 4 rings (SSSR count). The summed E-state index contributed by atoms with van der Waals surface area (Å²) in [6, 6.07) is 7.19. The van der Waals surface area contributed by atoms with E-state index < -0.39 is 35.6 Å². The van der Waals surface area contributed by atoms with E-state index in [1.54, 1.807) is 0 Å². The van der Waals surface area contributed by atoms with Crippen LogP contribution in [-0.4, -0.2) is 32.8 Å². The molecule has 0 bridgehead atoms. The number of benzene rings is 2.